The Kier molecular flexibility index (Phi) is 5.05. The highest BCUT2D eigenvalue weighted by Crippen LogP contribution is 2.48. The van der Waals surface area contributed by atoms with Crippen molar-refractivity contribution in [1.82, 2.24) is 5.32 Å². The molecule has 1 N–H and O–H groups in total. The molecule has 0 unspecified atom stereocenters. The third kappa shape index (κ3) is 4.62. The van der Waals surface area contributed by atoms with Gasteiger partial charge < -0.3 is 14.8 Å². The molecule has 0 aromatic rings. The molecule has 0 aliphatic heterocycles. The van der Waals surface area contributed by atoms with E-state index in [1.165, 1.54) is 12.8 Å². The largest absolute Gasteiger partial charge is 0.465 e. The molecule has 0 heterocycles. The van der Waals surface area contributed by atoms with Crippen LogP contribution in [0.5, 0.6) is 0 Å². The van der Waals surface area contributed by atoms with Crippen molar-refractivity contribution in [2.75, 3.05) is 33.4 Å². The van der Waals surface area contributed by atoms with Crippen LogP contribution in [0, 0.1) is 5.41 Å². The molecule has 1 fully saturated rings. The fourth-order valence-electron chi connectivity index (χ4n) is 1.65. The minimum absolute atomic E-state index is 0.167. The smallest absolute Gasteiger partial charge is 0.319 e. The summed E-state index contributed by atoms with van der Waals surface area (Å²) in [6, 6.07) is 0. The third-order valence-electron chi connectivity index (χ3n) is 2.87. The van der Waals surface area contributed by atoms with Gasteiger partial charge in [0.15, 0.2) is 0 Å². The van der Waals surface area contributed by atoms with Crippen LogP contribution >= 0.6 is 0 Å². The normalized spacial score (nSPS) is 17.5. The van der Waals surface area contributed by atoms with Crippen LogP contribution in [0.25, 0.3) is 0 Å². The Bertz CT molecular complexity index is 202. The standard InChI is InChI=1S/C11H21NO3/c1-3-15-10(13)8-12-9-11(4-5-11)6-7-14-2/h12H,3-9H2,1-2H3. The van der Waals surface area contributed by atoms with Crippen LogP contribution in [-0.4, -0.2) is 39.4 Å². The first-order chi connectivity index (χ1) is 7.22. The van der Waals surface area contributed by atoms with E-state index in [0.717, 1.165) is 19.6 Å². The Morgan fingerprint density at radius 2 is 2.20 bits per heavy atom. The lowest BCUT2D eigenvalue weighted by atomic mass is 10.0. The highest BCUT2D eigenvalue weighted by Gasteiger charge is 2.41. The van der Waals surface area contributed by atoms with E-state index >= 15 is 0 Å². The first kappa shape index (κ1) is 12.5. The third-order valence-corrected chi connectivity index (χ3v) is 2.87. The summed E-state index contributed by atoms with van der Waals surface area (Å²) in [4.78, 5) is 11.1. The number of carbonyl (C=O) groups excluding carboxylic acids is 1. The highest BCUT2D eigenvalue weighted by molar-refractivity contribution is 5.71. The number of carbonyl (C=O) groups is 1. The van der Waals surface area contributed by atoms with Crippen molar-refractivity contribution in [3.63, 3.8) is 0 Å². The molecule has 0 spiro atoms. The average Bonchev–Trinajstić information content (AvgIpc) is 2.96. The van der Waals surface area contributed by atoms with Gasteiger partial charge in [0, 0.05) is 20.3 Å². The molecule has 1 saturated carbocycles. The zero-order valence-corrected chi connectivity index (χ0v) is 9.67. The predicted octanol–water partition coefficient (Wildman–Crippen LogP) is 0.956. The molecule has 4 heteroatoms. The molecule has 0 saturated heterocycles. The molecule has 1 aliphatic carbocycles. The van der Waals surface area contributed by atoms with Crippen LogP contribution in [0.4, 0.5) is 0 Å². The van der Waals surface area contributed by atoms with Crippen molar-refractivity contribution in [2.24, 2.45) is 5.41 Å². The van der Waals surface area contributed by atoms with Crippen LogP contribution in [0.2, 0.25) is 0 Å². The maximum Gasteiger partial charge on any atom is 0.319 e. The van der Waals surface area contributed by atoms with Crippen LogP contribution in [0.15, 0.2) is 0 Å². The average molecular weight is 215 g/mol. The summed E-state index contributed by atoms with van der Waals surface area (Å²) in [6.45, 7) is 4.30. The van der Waals surface area contributed by atoms with E-state index < -0.39 is 0 Å². The Labute approximate surface area is 91.3 Å². The van der Waals surface area contributed by atoms with Gasteiger partial charge in [-0.05, 0) is 31.6 Å². The number of methoxy groups -OCH3 is 1. The van der Waals surface area contributed by atoms with Crippen LogP contribution in [0.3, 0.4) is 0 Å². The lowest BCUT2D eigenvalue weighted by Crippen LogP contribution is -2.30. The van der Waals surface area contributed by atoms with Gasteiger partial charge in [0.1, 0.15) is 0 Å². The van der Waals surface area contributed by atoms with Crippen LogP contribution in [0.1, 0.15) is 26.2 Å². The fraction of sp³-hybridized carbons (Fsp3) is 0.909. The van der Waals surface area contributed by atoms with E-state index in [9.17, 15) is 4.79 Å². The number of hydrogen-bond acceptors (Lipinski definition) is 4. The Morgan fingerprint density at radius 3 is 2.73 bits per heavy atom. The maximum atomic E-state index is 11.1. The molecule has 0 bridgehead atoms. The first-order valence-corrected chi connectivity index (χ1v) is 5.58. The molecule has 88 valence electrons. The van der Waals surface area contributed by atoms with Crippen molar-refractivity contribution < 1.29 is 14.3 Å². The molecule has 0 amide bonds. The van der Waals surface area contributed by atoms with Gasteiger partial charge in [-0.1, -0.05) is 0 Å². The molecule has 0 aromatic heterocycles. The monoisotopic (exact) mass is 215 g/mol. The number of hydrogen-bond donors (Lipinski definition) is 1. The quantitative estimate of drug-likeness (QED) is 0.613. The zero-order chi connectivity index (χ0) is 11.1. The molecule has 1 aliphatic rings. The van der Waals surface area contributed by atoms with E-state index in [-0.39, 0.29) is 5.97 Å². The fourth-order valence-corrected chi connectivity index (χ4v) is 1.65. The second-order valence-corrected chi connectivity index (χ2v) is 4.15. The van der Waals surface area contributed by atoms with Crippen LogP contribution < -0.4 is 5.32 Å². The molecule has 0 radical (unpaired) electrons. The van der Waals surface area contributed by atoms with Crippen molar-refractivity contribution in [2.45, 2.75) is 26.2 Å². The zero-order valence-electron chi connectivity index (χ0n) is 9.67. The SMILES string of the molecule is CCOC(=O)CNCC1(CCOC)CC1. The number of rotatable bonds is 8. The van der Waals surface area contributed by atoms with Gasteiger partial charge in [-0.25, -0.2) is 0 Å². The minimum atomic E-state index is -0.167. The van der Waals surface area contributed by atoms with E-state index in [1.807, 2.05) is 6.92 Å². The van der Waals surface area contributed by atoms with Gasteiger partial charge in [0.05, 0.1) is 13.2 Å². The van der Waals surface area contributed by atoms with E-state index in [4.69, 9.17) is 9.47 Å². The molecule has 0 aromatic carbocycles. The highest BCUT2D eigenvalue weighted by atomic mass is 16.5. The predicted molar refractivity (Wildman–Crippen MR) is 57.7 cm³/mol. The van der Waals surface area contributed by atoms with Gasteiger partial charge in [-0.2, -0.15) is 0 Å². The van der Waals surface area contributed by atoms with Crippen molar-refractivity contribution in [1.29, 1.82) is 0 Å². The van der Waals surface area contributed by atoms with E-state index in [1.54, 1.807) is 7.11 Å². The summed E-state index contributed by atoms with van der Waals surface area (Å²) in [7, 11) is 1.72. The summed E-state index contributed by atoms with van der Waals surface area (Å²) in [5, 5.41) is 3.15. The molecular formula is C11H21NO3. The van der Waals surface area contributed by atoms with Crippen LogP contribution in [-0.2, 0) is 14.3 Å². The minimum Gasteiger partial charge on any atom is -0.465 e. The van der Waals surface area contributed by atoms with Gasteiger partial charge in [0.25, 0.3) is 0 Å². The number of nitrogens with one attached hydrogen (secondary N) is 1. The summed E-state index contributed by atoms with van der Waals surface area (Å²) in [5.74, 6) is -0.167. The molecule has 0 atom stereocenters. The number of ether oxygens (including phenoxy) is 2. The molecule has 4 nitrogen and oxygen atoms in total. The van der Waals surface area contributed by atoms with Gasteiger partial charge >= 0.3 is 5.97 Å². The first-order valence-electron chi connectivity index (χ1n) is 5.58. The Balaban J connectivity index is 2.06. The lowest BCUT2D eigenvalue weighted by Gasteiger charge is -2.14. The summed E-state index contributed by atoms with van der Waals surface area (Å²) < 4.78 is 9.90. The topological polar surface area (TPSA) is 47.6 Å². The van der Waals surface area contributed by atoms with E-state index in [2.05, 4.69) is 5.32 Å². The summed E-state index contributed by atoms with van der Waals surface area (Å²) in [5.41, 5.74) is 0.391. The van der Waals surface area contributed by atoms with Crippen molar-refractivity contribution in [3.05, 3.63) is 0 Å². The number of esters is 1. The second kappa shape index (κ2) is 6.08. The Morgan fingerprint density at radius 1 is 1.47 bits per heavy atom. The molecule has 15 heavy (non-hydrogen) atoms. The van der Waals surface area contributed by atoms with Gasteiger partial charge in [0.2, 0.25) is 0 Å². The van der Waals surface area contributed by atoms with Crippen molar-refractivity contribution >= 4 is 5.97 Å². The molecule has 1 rings (SSSR count). The summed E-state index contributed by atoms with van der Waals surface area (Å²) in [6.07, 6.45) is 3.57. The van der Waals surface area contributed by atoms with E-state index in [0.29, 0.717) is 18.6 Å². The summed E-state index contributed by atoms with van der Waals surface area (Å²) >= 11 is 0. The van der Waals surface area contributed by atoms with Crippen molar-refractivity contribution in [3.8, 4) is 0 Å². The second-order valence-electron chi connectivity index (χ2n) is 4.15. The maximum absolute atomic E-state index is 11.1. The lowest BCUT2D eigenvalue weighted by molar-refractivity contribution is -0.142. The molecular weight excluding hydrogens is 194 g/mol. The Hall–Kier alpha value is -0.610. The van der Waals surface area contributed by atoms with Gasteiger partial charge in [-0.15, -0.1) is 0 Å². The van der Waals surface area contributed by atoms with Gasteiger partial charge in [-0.3, -0.25) is 4.79 Å².